The van der Waals surface area contributed by atoms with Gasteiger partial charge in [0, 0.05) is 34.6 Å². The van der Waals surface area contributed by atoms with Crippen LogP contribution >= 0.6 is 11.6 Å². The van der Waals surface area contributed by atoms with Crippen molar-refractivity contribution in [3.8, 4) is 11.8 Å². The van der Waals surface area contributed by atoms with E-state index in [1.807, 2.05) is 18.2 Å². The maximum Gasteiger partial charge on any atom is 0.266 e. The highest BCUT2D eigenvalue weighted by Gasteiger charge is 2.30. The number of nitrogens with one attached hydrogen (secondary N) is 1. The Bertz CT molecular complexity index is 1130. The fourth-order valence-corrected chi connectivity index (χ4v) is 4.22. The molecular formula is C25H26ClN3O2. The van der Waals surface area contributed by atoms with Crippen LogP contribution in [0.3, 0.4) is 0 Å². The summed E-state index contributed by atoms with van der Waals surface area (Å²) in [4.78, 5) is 15.0. The number of nitriles is 1. The molecule has 3 rings (SSSR count). The topological polar surface area (TPSA) is 65.4 Å². The van der Waals surface area contributed by atoms with E-state index in [1.165, 1.54) is 6.08 Å². The molecule has 31 heavy (non-hydrogen) atoms. The van der Waals surface area contributed by atoms with Crippen molar-refractivity contribution in [2.24, 2.45) is 0 Å². The van der Waals surface area contributed by atoms with E-state index in [0.29, 0.717) is 22.0 Å². The molecule has 2 aromatic rings. The highest BCUT2D eigenvalue weighted by Crippen LogP contribution is 2.41. The van der Waals surface area contributed by atoms with Crippen LogP contribution in [0.5, 0.6) is 5.75 Å². The van der Waals surface area contributed by atoms with Gasteiger partial charge in [0.25, 0.3) is 5.91 Å². The Morgan fingerprint density at radius 3 is 2.71 bits per heavy atom. The molecule has 5 nitrogen and oxygen atoms in total. The average Bonchev–Trinajstić information content (AvgIpc) is 2.72. The molecular weight excluding hydrogens is 410 g/mol. The molecule has 0 bridgehead atoms. The number of hydrogen-bond donors (Lipinski definition) is 1. The monoisotopic (exact) mass is 435 g/mol. The zero-order chi connectivity index (χ0) is 22.8. The van der Waals surface area contributed by atoms with Gasteiger partial charge in [0.05, 0.1) is 12.6 Å². The van der Waals surface area contributed by atoms with Crippen LogP contribution in [-0.2, 0) is 4.79 Å². The van der Waals surface area contributed by atoms with Gasteiger partial charge < -0.3 is 15.0 Å². The Balaban J connectivity index is 1.97. The summed E-state index contributed by atoms with van der Waals surface area (Å²) >= 11 is 6.58. The zero-order valence-corrected chi connectivity index (χ0v) is 19.2. The van der Waals surface area contributed by atoms with Crippen molar-refractivity contribution in [2.45, 2.75) is 33.2 Å². The number of ether oxygens (including phenoxy) is 1. The Labute approximate surface area is 188 Å². The summed E-state index contributed by atoms with van der Waals surface area (Å²) in [6, 6.07) is 12.8. The number of allylic oxidation sites excluding steroid dienone is 1. The largest absolute Gasteiger partial charge is 0.497 e. The molecule has 0 atom stereocenters. The first-order valence-electron chi connectivity index (χ1n) is 10.1. The molecule has 1 heterocycles. The first-order valence-corrected chi connectivity index (χ1v) is 10.5. The SMILES string of the molecule is CCN1c2cc(Cl)c(/C=C(\C#N)C(=O)Nc3cccc(OC)c3)cc2C(C)=CC1(C)C. The molecule has 160 valence electrons. The van der Waals surface area contributed by atoms with Gasteiger partial charge in [-0.1, -0.05) is 23.7 Å². The minimum atomic E-state index is -0.506. The van der Waals surface area contributed by atoms with Crippen molar-refractivity contribution in [3.63, 3.8) is 0 Å². The lowest BCUT2D eigenvalue weighted by Gasteiger charge is -2.43. The van der Waals surface area contributed by atoms with Crippen molar-refractivity contribution in [1.29, 1.82) is 5.26 Å². The summed E-state index contributed by atoms with van der Waals surface area (Å²) in [5, 5.41) is 12.8. The molecule has 2 aromatic carbocycles. The number of carbonyl (C=O) groups is 1. The van der Waals surface area contributed by atoms with Gasteiger partial charge in [-0.15, -0.1) is 0 Å². The predicted octanol–water partition coefficient (Wildman–Crippen LogP) is 5.92. The number of amides is 1. The first kappa shape index (κ1) is 22.5. The van der Waals surface area contributed by atoms with E-state index < -0.39 is 5.91 Å². The van der Waals surface area contributed by atoms with Crippen LogP contribution in [0, 0.1) is 11.3 Å². The first-order chi connectivity index (χ1) is 14.7. The van der Waals surface area contributed by atoms with Crippen molar-refractivity contribution in [3.05, 3.63) is 64.2 Å². The van der Waals surface area contributed by atoms with Gasteiger partial charge in [0.15, 0.2) is 0 Å². The normalized spacial score (nSPS) is 14.9. The fraction of sp³-hybridized carbons (Fsp3) is 0.280. The lowest BCUT2D eigenvalue weighted by Crippen LogP contribution is -2.44. The summed E-state index contributed by atoms with van der Waals surface area (Å²) in [7, 11) is 1.55. The van der Waals surface area contributed by atoms with Crippen molar-refractivity contribution in [1.82, 2.24) is 0 Å². The third kappa shape index (κ3) is 4.60. The molecule has 0 saturated heterocycles. The van der Waals surface area contributed by atoms with E-state index in [-0.39, 0.29) is 11.1 Å². The maximum atomic E-state index is 12.7. The maximum absolute atomic E-state index is 12.7. The Hall–Kier alpha value is -3.23. The number of nitrogens with zero attached hydrogens (tertiary/aromatic N) is 2. The van der Waals surface area contributed by atoms with Crippen LogP contribution in [0.1, 0.15) is 38.8 Å². The molecule has 1 aliphatic heterocycles. The average molecular weight is 436 g/mol. The number of anilines is 2. The van der Waals surface area contributed by atoms with E-state index in [1.54, 1.807) is 31.4 Å². The van der Waals surface area contributed by atoms with E-state index >= 15 is 0 Å². The lowest BCUT2D eigenvalue weighted by atomic mass is 9.88. The molecule has 1 N–H and O–H groups in total. The fourth-order valence-electron chi connectivity index (χ4n) is 4.01. The number of benzene rings is 2. The van der Waals surface area contributed by atoms with Gasteiger partial charge in [-0.3, -0.25) is 4.79 Å². The van der Waals surface area contributed by atoms with Gasteiger partial charge in [0.2, 0.25) is 0 Å². The van der Waals surface area contributed by atoms with Gasteiger partial charge >= 0.3 is 0 Å². The molecule has 0 unspecified atom stereocenters. The summed E-state index contributed by atoms with van der Waals surface area (Å²) in [5.41, 5.74) is 4.24. The number of rotatable bonds is 5. The van der Waals surface area contributed by atoms with Crippen LogP contribution in [-0.4, -0.2) is 25.1 Å². The van der Waals surface area contributed by atoms with E-state index in [2.05, 4.69) is 44.0 Å². The minimum Gasteiger partial charge on any atom is -0.497 e. The quantitative estimate of drug-likeness (QED) is 0.468. The Morgan fingerprint density at radius 2 is 2.06 bits per heavy atom. The summed E-state index contributed by atoms with van der Waals surface area (Å²) in [5.74, 6) is 0.108. The molecule has 1 aliphatic rings. The van der Waals surface area contributed by atoms with Crippen LogP contribution in [0.15, 0.2) is 48.0 Å². The van der Waals surface area contributed by atoms with Crippen LogP contribution < -0.4 is 15.0 Å². The molecule has 0 aliphatic carbocycles. The third-order valence-corrected chi connectivity index (χ3v) is 5.73. The second-order valence-corrected chi connectivity index (χ2v) is 8.38. The second kappa shape index (κ2) is 8.87. The third-order valence-electron chi connectivity index (χ3n) is 5.40. The van der Waals surface area contributed by atoms with E-state index in [0.717, 1.165) is 23.4 Å². The van der Waals surface area contributed by atoms with Crippen LogP contribution in [0.2, 0.25) is 5.02 Å². The molecule has 0 radical (unpaired) electrons. The number of likely N-dealkylation sites (N-methyl/N-ethyl adjacent to an activating group) is 1. The molecule has 0 aromatic heterocycles. The van der Waals surface area contributed by atoms with Gasteiger partial charge in [-0.05, 0) is 69.2 Å². The molecule has 6 heteroatoms. The smallest absolute Gasteiger partial charge is 0.266 e. The molecule has 0 fully saturated rings. The lowest BCUT2D eigenvalue weighted by molar-refractivity contribution is -0.112. The van der Waals surface area contributed by atoms with E-state index in [9.17, 15) is 10.1 Å². The summed E-state index contributed by atoms with van der Waals surface area (Å²) < 4.78 is 5.17. The van der Waals surface area contributed by atoms with Crippen molar-refractivity contribution < 1.29 is 9.53 Å². The van der Waals surface area contributed by atoms with Gasteiger partial charge in [-0.25, -0.2) is 0 Å². The Kier molecular flexibility index (Phi) is 6.42. The minimum absolute atomic E-state index is 0.0326. The number of hydrogen-bond acceptors (Lipinski definition) is 4. The summed E-state index contributed by atoms with van der Waals surface area (Å²) in [6.07, 6.45) is 3.75. The number of methoxy groups -OCH3 is 1. The van der Waals surface area contributed by atoms with Gasteiger partial charge in [-0.2, -0.15) is 5.26 Å². The van der Waals surface area contributed by atoms with Gasteiger partial charge in [0.1, 0.15) is 17.4 Å². The zero-order valence-electron chi connectivity index (χ0n) is 18.4. The van der Waals surface area contributed by atoms with Crippen LogP contribution in [0.25, 0.3) is 11.6 Å². The van der Waals surface area contributed by atoms with Crippen molar-refractivity contribution >= 4 is 40.5 Å². The predicted molar refractivity (Wildman–Crippen MR) is 127 cm³/mol. The standard InChI is InChI=1S/C25H26ClN3O2/c1-6-29-23-13-22(26)17(11-21(23)16(2)14-25(29,3)4)10-18(15-27)24(30)28-19-8-7-9-20(12-19)31-5/h7-14H,6H2,1-5H3,(H,28,30)/b18-10+. The summed E-state index contributed by atoms with van der Waals surface area (Å²) in [6.45, 7) is 9.35. The second-order valence-electron chi connectivity index (χ2n) is 7.97. The Morgan fingerprint density at radius 1 is 1.32 bits per heavy atom. The number of halogens is 1. The number of fused-ring (bicyclic) bond motifs is 1. The highest BCUT2D eigenvalue weighted by molar-refractivity contribution is 6.32. The van der Waals surface area contributed by atoms with Crippen molar-refractivity contribution in [2.75, 3.05) is 23.9 Å². The number of carbonyl (C=O) groups excluding carboxylic acids is 1. The molecule has 0 saturated carbocycles. The molecule has 0 spiro atoms. The van der Waals surface area contributed by atoms with Crippen LogP contribution in [0.4, 0.5) is 11.4 Å². The van der Waals surface area contributed by atoms with E-state index in [4.69, 9.17) is 16.3 Å². The highest BCUT2D eigenvalue weighted by atomic mass is 35.5. The molecule has 1 amide bonds.